The predicted octanol–water partition coefficient (Wildman–Crippen LogP) is 2.20. The van der Waals surface area contributed by atoms with Crippen molar-refractivity contribution in [3.05, 3.63) is 82.1 Å². The maximum Gasteiger partial charge on any atom is 0.307 e. The molecule has 1 aromatic carbocycles. The van der Waals surface area contributed by atoms with E-state index >= 15 is 0 Å². The van der Waals surface area contributed by atoms with E-state index < -0.39 is 10.8 Å². The maximum atomic E-state index is 12.0. The van der Waals surface area contributed by atoms with E-state index in [0.717, 1.165) is 0 Å². The molecular weight excluding hydrogens is 326 g/mol. The van der Waals surface area contributed by atoms with Gasteiger partial charge < -0.3 is 4.42 Å². The summed E-state index contributed by atoms with van der Waals surface area (Å²) >= 11 is 0. The molecule has 1 N–H and O–H groups in total. The van der Waals surface area contributed by atoms with Gasteiger partial charge in [0.25, 0.3) is 5.69 Å². The van der Waals surface area contributed by atoms with E-state index in [0.29, 0.717) is 17.9 Å². The number of non-ortho nitro benzene ring substituents is 1. The van der Waals surface area contributed by atoms with Crippen LogP contribution in [0.4, 0.5) is 5.69 Å². The Kier molecular flexibility index (Phi) is 4.65. The number of carbonyl (C=O) groups is 1. The van der Waals surface area contributed by atoms with Gasteiger partial charge in [0.15, 0.2) is 5.76 Å². The molecule has 0 fully saturated rings. The third-order valence-electron chi connectivity index (χ3n) is 3.25. The first-order valence-electron chi connectivity index (χ1n) is 7.26. The summed E-state index contributed by atoms with van der Waals surface area (Å²) < 4.78 is 7.12. The number of carbonyl (C=O) groups excluding carboxylic acids is 1. The predicted molar refractivity (Wildman–Crippen MR) is 88.2 cm³/mol. The molecular formula is C16H13N5O4. The van der Waals surface area contributed by atoms with Gasteiger partial charge in [0.2, 0.25) is 0 Å². The van der Waals surface area contributed by atoms with Crippen LogP contribution in [0, 0.1) is 10.1 Å². The topological polar surface area (TPSA) is 116 Å². The SMILES string of the molecule is O=C(NN=Cc1ccc([N+](=O)[O-])cc1)c1ccc(Cn2cccn2)o1. The van der Waals surface area contributed by atoms with E-state index in [9.17, 15) is 14.9 Å². The minimum atomic E-state index is -0.495. The summed E-state index contributed by atoms with van der Waals surface area (Å²) in [4.78, 5) is 22.1. The number of aromatic nitrogens is 2. The van der Waals surface area contributed by atoms with Crippen molar-refractivity contribution in [2.75, 3.05) is 0 Å². The Morgan fingerprint density at radius 2 is 2.12 bits per heavy atom. The van der Waals surface area contributed by atoms with Crippen LogP contribution in [-0.4, -0.2) is 26.8 Å². The van der Waals surface area contributed by atoms with E-state index in [4.69, 9.17) is 4.42 Å². The zero-order valence-electron chi connectivity index (χ0n) is 12.9. The molecule has 9 heteroatoms. The molecule has 0 saturated carbocycles. The second-order valence-corrected chi connectivity index (χ2v) is 5.02. The standard InChI is InChI=1S/C16H13N5O4/c22-16(15-7-6-14(25-15)11-20-9-1-8-18-20)19-17-10-12-2-4-13(5-3-12)21(23)24/h1-10H,11H2,(H,19,22). The smallest absolute Gasteiger partial charge is 0.307 e. The van der Waals surface area contributed by atoms with Gasteiger partial charge in [0.05, 0.1) is 17.7 Å². The number of hydrogen-bond acceptors (Lipinski definition) is 6. The molecule has 3 rings (SSSR count). The zero-order chi connectivity index (χ0) is 17.6. The molecule has 0 aliphatic rings. The van der Waals surface area contributed by atoms with Crippen molar-refractivity contribution in [2.45, 2.75) is 6.54 Å². The molecule has 3 aromatic rings. The summed E-state index contributed by atoms with van der Waals surface area (Å²) in [5.41, 5.74) is 2.94. The van der Waals surface area contributed by atoms with Crippen LogP contribution in [0.3, 0.4) is 0 Å². The van der Waals surface area contributed by atoms with Gasteiger partial charge in [-0.25, -0.2) is 5.43 Å². The lowest BCUT2D eigenvalue weighted by Gasteiger charge is -1.98. The van der Waals surface area contributed by atoms with Gasteiger partial charge in [-0.15, -0.1) is 0 Å². The minimum Gasteiger partial charge on any atom is -0.454 e. The van der Waals surface area contributed by atoms with Crippen molar-refractivity contribution >= 4 is 17.8 Å². The van der Waals surface area contributed by atoms with Crippen molar-refractivity contribution < 1.29 is 14.1 Å². The molecule has 0 saturated heterocycles. The number of nitrogens with one attached hydrogen (secondary N) is 1. The Morgan fingerprint density at radius 3 is 2.80 bits per heavy atom. The summed E-state index contributed by atoms with van der Waals surface area (Å²) in [7, 11) is 0. The molecule has 9 nitrogen and oxygen atoms in total. The Hall–Kier alpha value is -3.75. The number of hydrazone groups is 1. The van der Waals surface area contributed by atoms with Crippen LogP contribution >= 0.6 is 0 Å². The van der Waals surface area contributed by atoms with Crippen LogP contribution in [0.1, 0.15) is 21.9 Å². The summed E-state index contributed by atoms with van der Waals surface area (Å²) in [6, 6.07) is 10.8. The van der Waals surface area contributed by atoms with Gasteiger partial charge in [-0.1, -0.05) is 0 Å². The summed E-state index contributed by atoms with van der Waals surface area (Å²) in [6.45, 7) is 0.423. The Bertz CT molecular complexity index is 897. The fraction of sp³-hybridized carbons (Fsp3) is 0.0625. The van der Waals surface area contributed by atoms with E-state index in [1.807, 2.05) is 0 Å². The third kappa shape index (κ3) is 4.16. The first kappa shape index (κ1) is 16.1. The number of nitrogens with zero attached hydrogens (tertiary/aromatic N) is 4. The van der Waals surface area contributed by atoms with E-state index in [-0.39, 0.29) is 11.4 Å². The molecule has 0 atom stereocenters. The van der Waals surface area contributed by atoms with Gasteiger partial charge in [-0.05, 0) is 35.9 Å². The Balaban J connectivity index is 1.57. The Labute approximate surface area is 141 Å². The number of nitro groups is 1. The van der Waals surface area contributed by atoms with Crippen molar-refractivity contribution in [3.63, 3.8) is 0 Å². The number of furan rings is 1. The second-order valence-electron chi connectivity index (χ2n) is 5.02. The van der Waals surface area contributed by atoms with Crippen molar-refractivity contribution in [3.8, 4) is 0 Å². The lowest BCUT2D eigenvalue weighted by molar-refractivity contribution is -0.384. The molecule has 1 amide bonds. The first-order chi connectivity index (χ1) is 12.1. The molecule has 2 heterocycles. The highest BCUT2D eigenvalue weighted by molar-refractivity contribution is 5.92. The molecule has 2 aromatic heterocycles. The molecule has 0 radical (unpaired) electrons. The normalized spacial score (nSPS) is 10.9. The molecule has 0 bridgehead atoms. The monoisotopic (exact) mass is 339 g/mol. The largest absolute Gasteiger partial charge is 0.454 e. The molecule has 126 valence electrons. The van der Waals surface area contributed by atoms with Crippen LogP contribution in [0.25, 0.3) is 0 Å². The summed E-state index contributed by atoms with van der Waals surface area (Å²) in [5.74, 6) is 0.223. The zero-order valence-corrected chi connectivity index (χ0v) is 12.9. The number of amides is 1. The van der Waals surface area contributed by atoms with E-state index in [1.54, 1.807) is 35.3 Å². The van der Waals surface area contributed by atoms with Crippen LogP contribution in [0.5, 0.6) is 0 Å². The van der Waals surface area contributed by atoms with Crippen LogP contribution in [0.2, 0.25) is 0 Å². The molecule has 0 spiro atoms. The lowest BCUT2D eigenvalue weighted by atomic mass is 10.2. The van der Waals surface area contributed by atoms with Crippen LogP contribution < -0.4 is 5.43 Å². The average Bonchev–Trinajstić information content (AvgIpc) is 3.28. The molecule has 25 heavy (non-hydrogen) atoms. The first-order valence-corrected chi connectivity index (χ1v) is 7.26. The Morgan fingerprint density at radius 1 is 1.32 bits per heavy atom. The van der Waals surface area contributed by atoms with Gasteiger partial charge in [0, 0.05) is 24.5 Å². The lowest BCUT2D eigenvalue weighted by Crippen LogP contribution is -2.16. The fourth-order valence-electron chi connectivity index (χ4n) is 2.04. The van der Waals surface area contributed by atoms with Crippen molar-refractivity contribution in [2.24, 2.45) is 5.10 Å². The van der Waals surface area contributed by atoms with Gasteiger partial charge in [-0.3, -0.25) is 19.6 Å². The second kappa shape index (κ2) is 7.21. The quantitative estimate of drug-likeness (QED) is 0.420. The molecule has 0 aliphatic carbocycles. The third-order valence-corrected chi connectivity index (χ3v) is 3.25. The molecule has 0 aliphatic heterocycles. The highest BCUT2D eigenvalue weighted by atomic mass is 16.6. The minimum absolute atomic E-state index is 0.0125. The van der Waals surface area contributed by atoms with Gasteiger partial charge >= 0.3 is 5.91 Å². The van der Waals surface area contributed by atoms with Crippen molar-refractivity contribution in [1.29, 1.82) is 0 Å². The number of benzene rings is 1. The highest BCUT2D eigenvalue weighted by Gasteiger charge is 2.10. The van der Waals surface area contributed by atoms with Gasteiger partial charge in [0.1, 0.15) is 5.76 Å². The average molecular weight is 339 g/mol. The fourth-order valence-corrected chi connectivity index (χ4v) is 2.04. The number of nitro benzene ring substituents is 1. The van der Waals surface area contributed by atoms with Crippen LogP contribution in [-0.2, 0) is 6.54 Å². The van der Waals surface area contributed by atoms with Crippen LogP contribution in [0.15, 0.2) is 64.4 Å². The van der Waals surface area contributed by atoms with E-state index in [1.165, 1.54) is 30.5 Å². The maximum absolute atomic E-state index is 12.0. The number of hydrogen-bond donors (Lipinski definition) is 1. The van der Waals surface area contributed by atoms with E-state index in [2.05, 4.69) is 15.6 Å². The summed E-state index contributed by atoms with van der Waals surface area (Å²) in [6.07, 6.45) is 4.83. The molecule has 0 unspecified atom stereocenters. The summed E-state index contributed by atoms with van der Waals surface area (Å²) in [5, 5.41) is 18.4. The number of rotatable bonds is 6. The van der Waals surface area contributed by atoms with Gasteiger partial charge in [-0.2, -0.15) is 10.2 Å². The van der Waals surface area contributed by atoms with Crippen molar-refractivity contribution in [1.82, 2.24) is 15.2 Å². The highest BCUT2D eigenvalue weighted by Crippen LogP contribution is 2.11.